The van der Waals surface area contributed by atoms with E-state index in [2.05, 4.69) is 14.9 Å². The van der Waals surface area contributed by atoms with Gasteiger partial charge in [0.25, 0.3) is 0 Å². The van der Waals surface area contributed by atoms with Crippen LogP contribution in [0.25, 0.3) is 0 Å². The lowest BCUT2D eigenvalue weighted by Crippen LogP contribution is -2.47. The van der Waals surface area contributed by atoms with E-state index >= 15 is 0 Å². The number of rotatable bonds is 7. The normalized spacial score (nSPS) is 15.3. The van der Waals surface area contributed by atoms with Crippen molar-refractivity contribution < 1.29 is 15.0 Å². The molecule has 1 aliphatic heterocycles. The van der Waals surface area contributed by atoms with E-state index in [9.17, 15) is 15.0 Å². The molecule has 0 aliphatic carbocycles. The number of aryl methyl sites for hydroxylation is 1. The number of phenols is 1. The van der Waals surface area contributed by atoms with Gasteiger partial charge in [-0.3, -0.25) is 4.90 Å². The summed E-state index contributed by atoms with van der Waals surface area (Å²) in [5.41, 5.74) is 2.37. The van der Waals surface area contributed by atoms with Gasteiger partial charge in [0.15, 0.2) is 0 Å². The lowest BCUT2D eigenvalue weighted by molar-refractivity contribution is 0.0687. The summed E-state index contributed by atoms with van der Waals surface area (Å²) in [4.78, 5) is 20.9. The highest BCUT2D eigenvalue weighted by molar-refractivity contribution is 6.08. The third-order valence-electron chi connectivity index (χ3n) is 4.47. The molecule has 124 valence electrons. The summed E-state index contributed by atoms with van der Waals surface area (Å²) < 4.78 is 0. The van der Waals surface area contributed by atoms with Crippen LogP contribution in [0.4, 0.5) is 0 Å². The molecule has 1 aromatic carbocycles. The largest absolute Gasteiger partial charge is 0.507 e. The minimum atomic E-state index is -1.09. The summed E-state index contributed by atoms with van der Waals surface area (Å²) in [5.74, 6) is -0.833. The second kappa shape index (κ2) is 7.09. The fourth-order valence-electron chi connectivity index (χ4n) is 3.30. The Labute approximate surface area is 141 Å². The van der Waals surface area contributed by atoms with Crippen LogP contribution in [-0.4, -0.2) is 52.0 Å². The van der Waals surface area contributed by atoms with Gasteiger partial charge in [0.05, 0.1) is 14.2 Å². The molecule has 2 heterocycles. The zero-order valence-corrected chi connectivity index (χ0v) is 13.4. The molecule has 6 nitrogen and oxygen atoms in total. The number of imidazole rings is 1. The predicted molar refractivity (Wildman–Crippen MR) is 90.4 cm³/mol. The Balaban J connectivity index is 1.65. The molecule has 1 aliphatic rings. The van der Waals surface area contributed by atoms with Gasteiger partial charge < -0.3 is 15.2 Å². The maximum Gasteiger partial charge on any atom is 0.339 e. The van der Waals surface area contributed by atoms with Crippen molar-refractivity contribution in [2.45, 2.75) is 25.7 Å². The third kappa shape index (κ3) is 3.46. The fourth-order valence-corrected chi connectivity index (χ4v) is 3.30. The Morgan fingerprint density at radius 3 is 2.75 bits per heavy atom. The first-order chi connectivity index (χ1) is 11.6. The van der Waals surface area contributed by atoms with E-state index in [0.717, 1.165) is 25.3 Å². The molecule has 0 atom stereocenters. The molecular formula is C17H20BN3O3. The lowest BCUT2D eigenvalue weighted by atomic mass is 9.87. The van der Waals surface area contributed by atoms with Crippen LogP contribution in [0.1, 0.15) is 27.2 Å². The van der Waals surface area contributed by atoms with Crippen LogP contribution in [-0.2, 0) is 19.4 Å². The van der Waals surface area contributed by atoms with Crippen molar-refractivity contribution in [1.29, 1.82) is 0 Å². The summed E-state index contributed by atoms with van der Waals surface area (Å²) in [6.07, 6.45) is 4.96. The number of aromatic hydroxyl groups is 1. The first-order valence-corrected chi connectivity index (χ1v) is 8.05. The summed E-state index contributed by atoms with van der Waals surface area (Å²) >= 11 is 0. The van der Waals surface area contributed by atoms with Crippen LogP contribution < -0.4 is 0 Å². The summed E-state index contributed by atoms with van der Waals surface area (Å²) in [7, 11) is 5.50. The number of aromatic amines is 1. The maximum atomic E-state index is 11.6. The smallest absolute Gasteiger partial charge is 0.339 e. The second-order valence-electron chi connectivity index (χ2n) is 6.29. The van der Waals surface area contributed by atoms with Crippen LogP contribution in [0, 0.1) is 5.92 Å². The van der Waals surface area contributed by atoms with Crippen molar-refractivity contribution >= 4 is 13.8 Å². The first kappa shape index (κ1) is 16.6. The van der Waals surface area contributed by atoms with E-state index in [-0.39, 0.29) is 11.3 Å². The van der Waals surface area contributed by atoms with Crippen LogP contribution in [0.3, 0.4) is 0 Å². The predicted octanol–water partition coefficient (Wildman–Crippen LogP) is 1.62. The number of aromatic carboxylic acids is 1. The molecule has 0 saturated carbocycles. The van der Waals surface area contributed by atoms with Gasteiger partial charge >= 0.3 is 5.97 Å². The number of aromatic nitrogens is 2. The minimum absolute atomic E-state index is 0.0213. The molecule has 0 amide bonds. The van der Waals surface area contributed by atoms with E-state index in [1.165, 1.54) is 0 Å². The van der Waals surface area contributed by atoms with Crippen molar-refractivity contribution in [1.82, 2.24) is 14.9 Å². The zero-order valence-electron chi connectivity index (χ0n) is 13.4. The molecular weight excluding hydrogens is 305 g/mol. The van der Waals surface area contributed by atoms with E-state index in [4.69, 9.17) is 7.85 Å². The van der Waals surface area contributed by atoms with Gasteiger partial charge in [0.2, 0.25) is 0 Å². The topological polar surface area (TPSA) is 89.5 Å². The second-order valence-corrected chi connectivity index (χ2v) is 6.29. The average molecular weight is 325 g/mol. The van der Waals surface area contributed by atoms with Gasteiger partial charge in [-0.15, -0.1) is 0 Å². The van der Waals surface area contributed by atoms with Gasteiger partial charge in [0, 0.05) is 31.5 Å². The quantitative estimate of drug-likeness (QED) is 0.673. The van der Waals surface area contributed by atoms with E-state index in [0.29, 0.717) is 36.2 Å². The van der Waals surface area contributed by atoms with Crippen molar-refractivity contribution in [3.05, 3.63) is 47.0 Å². The molecule has 7 heteroatoms. The number of carbonyl (C=O) groups is 1. The van der Waals surface area contributed by atoms with Gasteiger partial charge in [-0.25, -0.2) is 9.78 Å². The van der Waals surface area contributed by atoms with Gasteiger partial charge in [-0.05, 0) is 29.9 Å². The van der Waals surface area contributed by atoms with Crippen LogP contribution in [0.15, 0.2) is 24.7 Å². The number of carboxylic acids is 1. The number of nitrogens with one attached hydrogen (secondary N) is 1. The Bertz CT molecular complexity index is 712. The van der Waals surface area contributed by atoms with Crippen molar-refractivity contribution in [2.75, 3.05) is 13.1 Å². The summed E-state index contributed by atoms with van der Waals surface area (Å²) in [6, 6.07) is 3.59. The van der Waals surface area contributed by atoms with Gasteiger partial charge in [-0.1, -0.05) is 18.5 Å². The number of carboxylic acid groups (broad SMARTS) is 1. The standard InChI is InChI=1S/C17H20BN3O3/c18-4-3-12-1-2-13(15(16(12)22)17(23)24)5-11-7-21(8-11)9-14-6-19-10-20-14/h1-2,6,10-11,22H,3-5,7-9H2,(H,19,20)(H,23,24). The molecule has 1 aromatic heterocycles. The zero-order chi connectivity index (χ0) is 17.1. The van der Waals surface area contributed by atoms with Crippen LogP contribution >= 0.6 is 0 Å². The highest BCUT2D eigenvalue weighted by atomic mass is 16.4. The number of likely N-dealkylation sites (tertiary alicyclic amines) is 1. The molecule has 2 radical (unpaired) electrons. The Morgan fingerprint density at radius 1 is 1.38 bits per heavy atom. The highest BCUT2D eigenvalue weighted by Gasteiger charge is 2.29. The van der Waals surface area contributed by atoms with Gasteiger partial charge in [-0.2, -0.15) is 0 Å². The Kier molecular flexibility index (Phi) is 4.90. The SMILES string of the molecule is [B]CCc1ccc(CC2CN(Cc3cnc[nH]3)C2)c(C(=O)O)c1O. The molecule has 24 heavy (non-hydrogen) atoms. The fraction of sp³-hybridized carbons (Fsp3) is 0.412. The molecule has 3 N–H and O–H groups in total. The molecule has 0 bridgehead atoms. The van der Waals surface area contributed by atoms with E-state index in [1.54, 1.807) is 12.4 Å². The maximum absolute atomic E-state index is 11.6. The first-order valence-electron chi connectivity index (χ1n) is 8.05. The Morgan fingerprint density at radius 2 is 2.12 bits per heavy atom. The van der Waals surface area contributed by atoms with E-state index < -0.39 is 5.97 Å². The van der Waals surface area contributed by atoms with Crippen LogP contribution in [0.2, 0.25) is 6.32 Å². The molecule has 1 saturated heterocycles. The molecule has 3 rings (SSSR count). The summed E-state index contributed by atoms with van der Waals surface area (Å²) in [6.45, 7) is 2.63. The van der Waals surface area contributed by atoms with Crippen molar-refractivity contribution in [3.63, 3.8) is 0 Å². The third-order valence-corrected chi connectivity index (χ3v) is 4.47. The number of nitrogens with zero attached hydrogens (tertiary/aromatic N) is 2. The number of benzene rings is 1. The number of hydrogen-bond donors (Lipinski definition) is 3. The molecule has 0 spiro atoms. The number of hydrogen-bond acceptors (Lipinski definition) is 4. The van der Waals surface area contributed by atoms with Crippen LogP contribution in [0.5, 0.6) is 5.75 Å². The van der Waals surface area contributed by atoms with Gasteiger partial charge in [0.1, 0.15) is 11.3 Å². The van der Waals surface area contributed by atoms with Crippen molar-refractivity contribution in [3.8, 4) is 5.75 Å². The monoisotopic (exact) mass is 325 g/mol. The summed E-state index contributed by atoms with van der Waals surface area (Å²) in [5, 5.41) is 19.7. The number of H-pyrrole nitrogens is 1. The highest BCUT2D eigenvalue weighted by Crippen LogP contribution is 2.31. The Hall–Kier alpha value is -2.28. The molecule has 0 unspecified atom stereocenters. The minimum Gasteiger partial charge on any atom is -0.507 e. The molecule has 1 fully saturated rings. The van der Waals surface area contributed by atoms with E-state index in [1.807, 2.05) is 12.3 Å². The average Bonchev–Trinajstić information content (AvgIpc) is 3.00. The lowest BCUT2D eigenvalue weighted by Gasteiger charge is -2.39. The van der Waals surface area contributed by atoms with Crippen molar-refractivity contribution in [2.24, 2.45) is 5.92 Å². The molecule has 2 aromatic rings.